The van der Waals surface area contributed by atoms with Gasteiger partial charge < -0.3 is 4.57 Å². The maximum Gasteiger partial charge on any atom is 0.258 e. The van der Waals surface area contributed by atoms with E-state index in [1.165, 1.54) is 0 Å². The van der Waals surface area contributed by atoms with E-state index in [2.05, 4.69) is 20.8 Å². The molecule has 0 atom stereocenters. The zero-order valence-electron chi connectivity index (χ0n) is 10.4. The SMILES string of the molecule is CC(C)C.Cn1ccc2ccccc2c1=O. The number of aryl methyl sites for hydroxylation is 1. The lowest BCUT2D eigenvalue weighted by atomic mass is 10.2. The third-order valence-electron chi connectivity index (χ3n) is 1.99. The van der Waals surface area contributed by atoms with Crippen molar-refractivity contribution in [2.24, 2.45) is 13.0 Å². The largest absolute Gasteiger partial charge is 0.318 e. The van der Waals surface area contributed by atoms with Gasteiger partial charge in [0.15, 0.2) is 0 Å². The number of nitrogens with zero attached hydrogens (tertiary/aromatic N) is 1. The molecule has 2 nitrogen and oxygen atoms in total. The van der Waals surface area contributed by atoms with E-state index >= 15 is 0 Å². The molecule has 0 aliphatic carbocycles. The Morgan fingerprint density at radius 2 is 1.62 bits per heavy atom. The number of hydrogen-bond acceptors (Lipinski definition) is 1. The summed E-state index contributed by atoms with van der Waals surface area (Å²) >= 11 is 0. The molecule has 2 aromatic rings. The minimum atomic E-state index is 0.0631. The number of rotatable bonds is 0. The van der Waals surface area contributed by atoms with E-state index in [9.17, 15) is 4.79 Å². The lowest BCUT2D eigenvalue weighted by molar-refractivity contribution is 0.737. The predicted molar refractivity (Wildman–Crippen MR) is 69.7 cm³/mol. The lowest BCUT2D eigenvalue weighted by Crippen LogP contribution is -2.15. The molecule has 0 saturated carbocycles. The average molecular weight is 217 g/mol. The fourth-order valence-electron chi connectivity index (χ4n) is 1.29. The number of fused-ring (bicyclic) bond motifs is 1. The monoisotopic (exact) mass is 217 g/mol. The molecule has 1 heterocycles. The Kier molecular flexibility index (Phi) is 4.29. The molecule has 0 spiro atoms. The number of benzene rings is 1. The summed E-state index contributed by atoms with van der Waals surface area (Å²) in [6.07, 6.45) is 1.78. The number of pyridine rings is 1. The summed E-state index contributed by atoms with van der Waals surface area (Å²) in [5.74, 6) is 0.833. The average Bonchev–Trinajstić information content (AvgIpc) is 2.23. The van der Waals surface area contributed by atoms with Gasteiger partial charge in [0.25, 0.3) is 5.56 Å². The van der Waals surface area contributed by atoms with E-state index in [4.69, 9.17) is 0 Å². The second-order valence-electron chi connectivity index (χ2n) is 4.55. The Morgan fingerprint density at radius 3 is 2.25 bits per heavy atom. The van der Waals surface area contributed by atoms with Crippen LogP contribution in [0.2, 0.25) is 0 Å². The van der Waals surface area contributed by atoms with Crippen LogP contribution in [-0.2, 0) is 7.05 Å². The minimum Gasteiger partial charge on any atom is -0.318 e. The molecule has 0 saturated heterocycles. The molecule has 0 N–H and O–H groups in total. The van der Waals surface area contributed by atoms with Gasteiger partial charge in [-0.2, -0.15) is 0 Å². The Balaban J connectivity index is 0.000000280. The molecule has 2 rings (SSSR count). The smallest absolute Gasteiger partial charge is 0.258 e. The third kappa shape index (κ3) is 3.23. The molecule has 0 bridgehead atoms. The van der Waals surface area contributed by atoms with E-state index in [1.807, 2.05) is 30.3 Å². The highest BCUT2D eigenvalue weighted by molar-refractivity contribution is 5.81. The number of hydrogen-bond donors (Lipinski definition) is 0. The van der Waals surface area contributed by atoms with Gasteiger partial charge in [-0.15, -0.1) is 0 Å². The van der Waals surface area contributed by atoms with Crippen molar-refractivity contribution < 1.29 is 0 Å². The Bertz CT molecular complexity index is 509. The summed E-state index contributed by atoms with van der Waals surface area (Å²) in [4.78, 5) is 11.5. The van der Waals surface area contributed by atoms with Gasteiger partial charge in [-0.3, -0.25) is 4.79 Å². The Hall–Kier alpha value is -1.57. The van der Waals surface area contributed by atoms with Crippen LogP contribution in [0.15, 0.2) is 41.3 Å². The molecule has 0 aliphatic rings. The lowest BCUT2D eigenvalue weighted by Gasteiger charge is -1.98. The van der Waals surface area contributed by atoms with Crippen LogP contribution < -0.4 is 5.56 Å². The van der Waals surface area contributed by atoms with E-state index in [0.717, 1.165) is 16.7 Å². The maximum atomic E-state index is 11.5. The second-order valence-corrected chi connectivity index (χ2v) is 4.55. The summed E-state index contributed by atoms with van der Waals surface area (Å²) < 4.78 is 1.59. The quantitative estimate of drug-likeness (QED) is 0.664. The Morgan fingerprint density at radius 1 is 1.06 bits per heavy atom. The van der Waals surface area contributed by atoms with Crippen LogP contribution >= 0.6 is 0 Å². The molecular formula is C14H19NO. The predicted octanol–water partition coefficient (Wildman–Crippen LogP) is 3.20. The van der Waals surface area contributed by atoms with Crippen molar-refractivity contribution in [2.45, 2.75) is 20.8 Å². The summed E-state index contributed by atoms with van der Waals surface area (Å²) in [5.41, 5.74) is 0.0631. The Labute approximate surface area is 96.5 Å². The third-order valence-corrected chi connectivity index (χ3v) is 1.99. The molecule has 86 valence electrons. The van der Waals surface area contributed by atoms with Crippen molar-refractivity contribution >= 4 is 10.8 Å². The summed E-state index contributed by atoms with van der Waals surface area (Å²) in [6.45, 7) is 6.50. The molecule has 0 radical (unpaired) electrons. The van der Waals surface area contributed by atoms with Crippen molar-refractivity contribution in [3.05, 3.63) is 46.9 Å². The molecule has 2 heteroatoms. The zero-order chi connectivity index (χ0) is 12.1. The molecule has 0 fully saturated rings. The molecule has 0 aliphatic heterocycles. The van der Waals surface area contributed by atoms with Crippen molar-refractivity contribution in [1.29, 1.82) is 0 Å². The molecule has 16 heavy (non-hydrogen) atoms. The first-order valence-corrected chi connectivity index (χ1v) is 5.56. The van der Waals surface area contributed by atoms with E-state index in [1.54, 1.807) is 17.8 Å². The van der Waals surface area contributed by atoms with Crippen molar-refractivity contribution in [3.8, 4) is 0 Å². The first-order chi connectivity index (χ1) is 7.52. The molecule has 0 amide bonds. The molecule has 1 aromatic heterocycles. The van der Waals surface area contributed by atoms with Crippen LogP contribution in [-0.4, -0.2) is 4.57 Å². The van der Waals surface area contributed by atoms with Crippen molar-refractivity contribution in [1.82, 2.24) is 4.57 Å². The van der Waals surface area contributed by atoms with Crippen LogP contribution in [0.3, 0.4) is 0 Å². The second kappa shape index (κ2) is 5.50. The molecule has 1 aromatic carbocycles. The standard InChI is InChI=1S/C10H9NO.C4H10/c1-11-7-6-8-4-2-3-5-9(8)10(11)12;1-4(2)3/h2-7H,1H3;4H,1-3H3. The van der Waals surface area contributed by atoms with Gasteiger partial charge in [-0.1, -0.05) is 39.0 Å². The fourth-order valence-corrected chi connectivity index (χ4v) is 1.29. The topological polar surface area (TPSA) is 22.0 Å². The van der Waals surface area contributed by atoms with Crippen LogP contribution in [0.4, 0.5) is 0 Å². The van der Waals surface area contributed by atoms with Crippen LogP contribution in [0.1, 0.15) is 20.8 Å². The van der Waals surface area contributed by atoms with E-state index < -0.39 is 0 Å². The van der Waals surface area contributed by atoms with Crippen LogP contribution in [0, 0.1) is 5.92 Å². The van der Waals surface area contributed by atoms with Gasteiger partial charge in [0.2, 0.25) is 0 Å². The van der Waals surface area contributed by atoms with E-state index in [-0.39, 0.29) is 5.56 Å². The fraction of sp³-hybridized carbons (Fsp3) is 0.357. The highest BCUT2D eigenvalue weighted by atomic mass is 16.1. The number of aromatic nitrogens is 1. The van der Waals surface area contributed by atoms with Gasteiger partial charge in [0.05, 0.1) is 0 Å². The van der Waals surface area contributed by atoms with Gasteiger partial charge in [0.1, 0.15) is 0 Å². The van der Waals surface area contributed by atoms with Gasteiger partial charge in [-0.25, -0.2) is 0 Å². The summed E-state index contributed by atoms with van der Waals surface area (Å²) in [6, 6.07) is 9.54. The normalized spacial score (nSPS) is 10.1. The molecule has 0 unspecified atom stereocenters. The summed E-state index contributed by atoms with van der Waals surface area (Å²) in [5, 5.41) is 1.78. The highest BCUT2D eigenvalue weighted by Crippen LogP contribution is 2.06. The maximum absolute atomic E-state index is 11.5. The first kappa shape index (κ1) is 12.5. The first-order valence-electron chi connectivity index (χ1n) is 5.56. The highest BCUT2D eigenvalue weighted by Gasteiger charge is 1.96. The van der Waals surface area contributed by atoms with Gasteiger partial charge in [0, 0.05) is 18.6 Å². The van der Waals surface area contributed by atoms with Gasteiger partial charge in [-0.05, 0) is 23.4 Å². The van der Waals surface area contributed by atoms with Crippen LogP contribution in [0.5, 0.6) is 0 Å². The van der Waals surface area contributed by atoms with Crippen molar-refractivity contribution in [2.75, 3.05) is 0 Å². The minimum absolute atomic E-state index is 0.0631. The van der Waals surface area contributed by atoms with Crippen LogP contribution in [0.25, 0.3) is 10.8 Å². The summed E-state index contributed by atoms with van der Waals surface area (Å²) in [7, 11) is 1.76. The van der Waals surface area contributed by atoms with Crippen molar-refractivity contribution in [3.63, 3.8) is 0 Å². The van der Waals surface area contributed by atoms with Gasteiger partial charge >= 0.3 is 0 Å². The zero-order valence-corrected chi connectivity index (χ0v) is 10.4. The molecular weight excluding hydrogens is 198 g/mol. The van der Waals surface area contributed by atoms with E-state index in [0.29, 0.717) is 0 Å².